The van der Waals surface area contributed by atoms with Gasteiger partial charge in [0.2, 0.25) is 0 Å². The van der Waals surface area contributed by atoms with E-state index in [-0.39, 0.29) is 23.3 Å². The van der Waals surface area contributed by atoms with Crippen molar-refractivity contribution >= 4 is 22.4 Å². The summed E-state index contributed by atoms with van der Waals surface area (Å²) < 4.78 is 13.0. The Morgan fingerprint density at radius 2 is 2.03 bits per heavy atom. The van der Waals surface area contributed by atoms with E-state index in [9.17, 15) is 9.59 Å². The van der Waals surface area contributed by atoms with Gasteiger partial charge in [-0.2, -0.15) is 5.10 Å². The van der Waals surface area contributed by atoms with Crippen LogP contribution in [-0.2, 0) is 13.0 Å². The predicted molar refractivity (Wildman–Crippen MR) is 120 cm³/mol. The lowest BCUT2D eigenvalue weighted by Crippen LogP contribution is -2.29. The van der Waals surface area contributed by atoms with Crippen LogP contribution in [0.5, 0.6) is 11.5 Å². The summed E-state index contributed by atoms with van der Waals surface area (Å²) in [6, 6.07) is 10.8. The molecule has 0 bridgehead atoms. The minimum Gasteiger partial charge on any atom is -0.492 e. The van der Waals surface area contributed by atoms with Gasteiger partial charge < -0.3 is 14.8 Å². The Balaban J connectivity index is 1.77. The molecular formula is C24H27N3O4. The SMILES string of the molecule is CCOc1cc2c(cc1NC(=O)c1nn(CC(C)C)c(=O)c3ccccc13)OC(C)C2. The Hall–Kier alpha value is -3.35. The molecule has 162 valence electrons. The highest BCUT2D eigenvalue weighted by molar-refractivity contribution is 6.11. The third-order valence-electron chi connectivity index (χ3n) is 5.17. The van der Waals surface area contributed by atoms with Crippen molar-refractivity contribution in [2.24, 2.45) is 5.92 Å². The van der Waals surface area contributed by atoms with Crippen LogP contribution in [0.1, 0.15) is 43.7 Å². The highest BCUT2D eigenvalue weighted by atomic mass is 16.5. The lowest BCUT2D eigenvalue weighted by Gasteiger charge is -2.15. The lowest BCUT2D eigenvalue weighted by molar-refractivity contribution is 0.102. The van der Waals surface area contributed by atoms with Crippen LogP contribution in [0.2, 0.25) is 0 Å². The molecule has 0 radical (unpaired) electrons. The van der Waals surface area contributed by atoms with E-state index in [1.54, 1.807) is 30.3 Å². The number of hydrogen-bond donors (Lipinski definition) is 1. The third kappa shape index (κ3) is 4.13. The zero-order valence-corrected chi connectivity index (χ0v) is 18.3. The van der Waals surface area contributed by atoms with Crippen molar-refractivity contribution < 1.29 is 14.3 Å². The fourth-order valence-electron chi connectivity index (χ4n) is 3.87. The van der Waals surface area contributed by atoms with Crippen LogP contribution >= 0.6 is 0 Å². The molecule has 1 atom stereocenters. The molecule has 3 aromatic rings. The van der Waals surface area contributed by atoms with E-state index in [2.05, 4.69) is 10.4 Å². The molecule has 1 amide bonds. The van der Waals surface area contributed by atoms with E-state index < -0.39 is 5.91 Å². The average molecular weight is 421 g/mol. The molecule has 1 unspecified atom stereocenters. The average Bonchev–Trinajstić information content (AvgIpc) is 3.09. The molecule has 4 rings (SSSR count). The topological polar surface area (TPSA) is 82.5 Å². The molecule has 31 heavy (non-hydrogen) atoms. The maximum Gasteiger partial charge on any atom is 0.276 e. The molecule has 7 nitrogen and oxygen atoms in total. The zero-order chi connectivity index (χ0) is 22.1. The van der Waals surface area contributed by atoms with Gasteiger partial charge in [0.25, 0.3) is 11.5 Å². The maximum absolute atomic E-state index is 13.3. The second kappa shape index (κ2) is 8.41. The summed E-state index contributed by atoms with van der Waals surface area (Å²) >= 11 is 0. The Bertz CT molecular complexity index is 1200. The first-order valence-corrected chi connectivity index (χ1v) is 10.6. The van der Waals surface area contributed by atoms with E-state index >= 15 is 0 Å². The molecule has 0 saturated heterocycles. The number of rotatable bonds is 6. The molecule has 1 aliphatic heterocycles. The van der Waals surface area contributed by atoms with Gasteiger partial charge in [0.05, 0.1) is 17.7 Å². The Morgan fingerprint density at radius 3 is 2.74 bits per heavy atom. The van der Waals surface area contributed by atoms with Crippen LogP contribution in [0.15, 0.2) is 41.2 Å². The van der Waals surface area contributed by atoms with Crippen LogP contribution in [-0.4, -0.2) is 28.4 Å². The summed E-state index contributed by atoms with van der Waals surface area (Å²) in [6.45, 7) is 8.81. The molecule has 0 spiro atoms. The number of carbonyl (C=O) groups excluding carboxylic acids is 1. The molecule has 2 heterocycles. The first-order valence-electron chi connectivity index (χ1n) is 10.6. The van der Waals surface area contributed by atoms with Crippen molar-refractivity contribution in [1.29, 1.82) is 0 Å². The molecular weight excluding hydrogens is 394 g/mol. The van der Waals surface area contributed by atoms with Crippen molar-refractivity contribution in [3.63, 3.8) is 0 Å². The highest BCUT2D eigenvalue weighted by Gasteiger charge is 2.24. The fraction of sp³-hybridized carbons (Fsp3) is 0.375. The first-order chi connectivity index (χ1) is 14.9. The monoisotopic (exact) mass is 421 g/mol. The first kappa shape index (κ1) is 20.9. The quantitative estimate of drug-likeness (QED) is 0.650. The number of nitrogens with one attached hydrogen (secondary N) is 1. The van der Waals surface area contributed by atoms with Crippen LogP contribution < -0.4 is 20.3 Å². The van der Waals surface area contributed by atoms with E-state index in [1.807, 2.05) is 33.8 Å². The molecule has 0 saturated carbocycles. The molecule has 0 aliphatic carbocycles. The number of hydrogen-bond acceptors (Lipinski definition) is 5. The second-order valence-corrected chi connectivity index (χ2v) is 8.25. The molecule has 1 N–H and O–H groups in total. The number of ether oxygens (including phenoxy) is 2. The van der Waals surface area contributed by atoms with E-state index in [4.69, 9.17) is 9.47 Å². The van der Waals surface area contributed by atoms with E-state index in [0.717, 1.165) is 17.7 Å². The molecule has 7 heteroatoms. The van der Waals surface area contributed by atoms with E-state index in [0.29, 0.717) is 35.4 Å². The largest absolute Gasteiger partial charge is 0.492 e. The van der Waals surface area contributed by atoms with Gasteiger partial charge in [-0.25, -0.2) is 4.68 Å². The van der Waals surface area contributed by atoms with Crippen molar-refractivity contribution in [3.05, 3.63) is 58.0 Å². The molecule has 1 aromatic heterocycles. The van der Waals surface area contributed by atoms with Crippen LogP contribution in [0.4, 0.5) is 5.69 Å². The Labute approximate surface area is 181 Å². The predicted octanol–water partition coefficient (Wildman–Crippen LogP) is 4.03. The standard InChI is InChI=1S/C24H27N3O4/c1-5-30-21-11-16-10-15(4)31-20(16)12-19(21)25-23(28)22-17-8-6-7-9-18(17)24(29)27(26-22)13-14(2)3/h6-9,11-12,14-15H,5,10,13H2,1-4H3,(H,25,28). The zero-order valence-electron chi connectivity index (χ0n) is 18.3. The normalized spacial score (nSPS) is 15.1. The smallest absolute Gasteiger partial charge is 0.276 e. The minimum atomic E-state index is -0.402. The van der Waals surface area contributed by atoms with Gasteiger partial charge in [0.15, 0.2) is 5.69 Å². The Kier molecular flexibility index (Phi) is 5.67. The number of fused-ring (bicyclic) bond motifs is 2. The summed E-state index contributed by atoms with van der Waals surface area (Å²) in [4.78, 5) is 26.1. The minimum absolute atomic E-state index is 0.0839. The summed E-state index contributed by atoms with van der Waals surface area (Å²) in [5.74, 6) is 1.14. The van der Waals surface area contributed by atoms with Gasteiger partial charge in [-0.3, -0.25) is 9.59 Å². The van der Waals surface area contributed by atoms with Crippen molar-refractivity contribution in [1.82, 2.24) is 9.78 Å². The number of carbonyl (C=O) groups is 1. The third-order valence-corrected chi connectivity index (χ3v) is 5.17. The number of aromatic nitrogens is 2. The highest BCUT2D eigenvalue weighted by Crippen LogP contribution is 2.38. The summed E-state index contributed by atoms with van der Waals surface area (Å²) in [6.07, 6.45) is 0.885. The van der Waals surface area contributed by atoms with Gasteiger partial charge in [0, 0.05) is 30.0 Å². The molecule has 0 fully saturated rings. The summed E-state index contributed by atoms with van der Waals surface area (Å²) in [7, 11) is 0. The molecule has 2 aromatic carbocycles. The van der Waals surface area contributed by atoms with Crippen LogP contribution in [0.3, 0.4) is 0 Å². The lowest BCUT2D eigenvalue weighted by atomic mass is 10.1. The van der Waals surface area contributed by atoms with Gasteiger partial charge in [-0.15, -0.1) is 0 Å². The van der Waals surface area contributed by atoms with Crippen molar-refractivity contribution in [2.45, 2.75) is 46.8 Å². The number of benzene rings is 2. The van der Waals surface area contributed by atoms with E-state index in [1.165, 1.54) is 4.68 Å². The number of nitrogens with zero attached hydrogens (tertiary/aromatic N) is 2. The van der Waals surface area contributed by atoms with Crippen LogP contribution in [0, 0.1) is 5.92 Å². The molecule has 1 aliphatic rings. The maximum atomic E-state index is 13.3. The van der Waals surface area contributed by atoms with Gasteiger partial charge >= 0.3 is 0 Å². The number of amides is 1. The summed E-state index contributed by atoms with van der Waals surface area (Å²) in [5.41, 5.74) is 1.58. The Morgan fingerprint density at radius 1 is 1.29 bits per heavy atom. The van der Waals surface area contributed by atoms with Gasteiger partial charge in [-0.05, 0) is 31.9 Å². The van der Waals surface area contributed by atoms with Crippen molar-refractivity contribution in [3.8, 4) is 11.5 Å². The summed E-state index contributed by atoms with van der Waals surface area (Å²) in [5, 5.41) is 8.34. The van der Waals surface area contributed by atoms with Gasteiger partial charge in [0.1, 0.15) is 17.6 Å². The van der Waals surface area contributed by atoms with Crippen molar-refractivity contribution in [2.75, 3.05) is 11.9 Å². The second-order valence-electron chi connectivity index (χ2n) is 8.25. The number of anilines is 1. The fourth-order valence-corrected chi connectivity index (χ4v) is 3.87. The van der Waals surface area contributed by atoms with Crippen LogP contribution in [0.25, 0.3) is 10.8 Å². The van der Waals surface area contributed by atoms with Gasteiger partial charge in [-0.1, -0.05) is 32.0 Å².